The fourth-order valence-electron chi connectivity index (χ4n) is 2.44. The largest absolute Gasteiger partial charge is 0.478 e. The number of sulfone groups is 1. The molecule has 146 valence electrons. The van der Waals surface area contributed by atoms with Gasteiger partial charge in [-0.05, 0) is 43.2 Å². The maximum absolute atomic E-state index is 12.3. The van der Waals surface area contributed by atoms with Gasteiger partial charge in [0.2, 0.25) is 0 Å². The Hall–Kier alpha value is -2.25. The molecule has 0 saturated heterocycles. The van der Waals surface area contributed by atoms with Gasteiger partial charge in [0, 0.05) is 12.8 Å². The second-order valence-electron chi connectivity index (χ2n) is 6.24. The Balaban J connectivity index is 2.64. The van der Waals surface area contributed by atoms with E-state index in [9.17, 15) is 18.3 Å². The molecule has 2 rings (SSSR count). The minimum Gasteiger partial charge on any atom is -0.478 e. The Morgan fingerprint density at radius 1 is 1.26 bits per heavy atom. The average Bonchev–Trinajstić information content (AvgIpc) is 2.57. The monoisotopic (exact) mass is 411 g/mol. The van der Waals surface area contributed by atoms with Crippen molar-refractivity contribution in [1.82, 2.24) is 0 Å². The number of carboxylic acids is 1. The standard InChI is InChI=1S/C19H22ClNO5S/c1-4-5-8-21-15-10-13(19(22)23)11-17(27(3,24)25)18(15)26-16-7-6-12(2)9-14(16)20/h6-7,9-11,21H,4-5,8H2,1-3H3,(H,22,23). The number of carboxylic acid groups (broad SMARTS) is 1. The van der Waals surface area contributed by atoms with E-state index in [1.807, 2.05) is 13.8 Å². The van der Waals surface area contributed by atoms with Crippen LogP contribution in [0.25, 0.3) is 0 Å². The fraction of sp³-hybridized carbons (Fsp3) is 0.316. The smallest absolute Gasteiger partial charge is 0.335 e. The molecule has 2 N–H and O–H groups in total. The summed E-state index contributed by atoms with van der Waals surface area (Å²) in [6.45, 7) is 4.43. The zero-order valence-corrected chi connectivity index (χ0v) is 16.9. The van der Waals surface area contributed by atoms with E-state index in [1.54, 1.807) is 18.2 Å². The van der Waals surface area contributed by atoms with Crippen LogP contribution in [-0.2, 0) is 9.84 Å². The van der Waals surface area contributed by atoms with Gasteiger partial charge >= 0.3 is 5.97 Å². The van der Waals surface area contributed by atoms with Crippen molar-refractivity contribution in [2.24, 2.45) is 0 Å². The third-order valence-corrected chi connectivity index (χ3v) is 5.24. The highest BCUT2D eigenvalue weighted by Crippen LogP contribution is 2.40. The van der Waals surface area contributed by atoms with Crippen molar-refractivity contribution < 1.29 is 23.1 Å². The highest BCUT2D eigenvalue weighted by atomic mass is 35.5. The van der Waals surface area contributed by atoms with Crippen LogP contribution in [0.1, 0.15) is 35.7 Å². The molecule has 0 amide bonds. The summed E-state index contributed by atoms with van der Waals surface area (Å²) in [5.41, 5.74) is 1.08. The molecule has 0 unspecified atom stereocenters. The summed E-state index contributed by atoms with van der Waals surface area (Å²) in [5.74, 6) is -0.906. The Bertz CT molecular complexity index is 957. The maximum atomic E-state index is 12.3. The molecule has 0 atom stereocenters. The minimum atomic E-state index is -3.76. The van der Waals surface area contributed by atoms with Crippen LogP contribution in [0.5, 0.6) is 11.5 Å². The van der Waals surface area contributed by atoms with E-state index >= 15 is 0 Å². The molecular formula is C19H22ClNO5S. The van der Waals surface area contributed by atoms with Crippen molar-refractivity contribution in [2.45, 2.75) is 31.6 Å². The average molecular weight is 412 g/mol. The molecule has 27 heavy (non-hydrogen) atoms. The van der Waals surface area contributed by atoms with E-state index in [-0.39, 0.29) is 22.0 Å². The van der Waals surface area contributed by atoms with Crippen LogP contribution in [0.4, 0.5) is 5.69 Å². The molecule has 0 aliphatic rings. The van der Waals surface area contributed by atoms with Gasteiger partial charge in [0.25, 0.3) is 0 Å². The molecule has 0 aromatic heterocycles. The SMILES string of the molecule is CCCCNc1cc(C(=O)O)cc(S(C)(=O)=O)c1Oc1ccc(C)cc1Cl. The fourth-order valence-corrected chi connectivity index (χ4v) is 3.54. The van der Waals surface area contributed by atoms with Gasteiger partial charge in [0.1, 0.15) is 10.6 Å². The normalized spacial score (nSPS) is 11.3. The van der Waals surface area contributed by atoms with E-state index in [0.717, 1.165) is 30.7 Å². The number of hydrogen-bond acceptors (Lipinski definition) is 5. The Morgan fingerprint density at radius 3 is 2.52 bits per heavy atom. The summed E-state index contributed by atoms with van der Waals surface area (Å²) < 4.78 is 30.5. The number of nitrogens with one attached hydrogen (secondary N) is 1. The summed E-state index contributed by atoms with van der Waals surface area (Å²) in [6.07, 6.45) is 2.76. The molecule has 0 radical (unpaired) electrons. The Morgan fingerprint density at radius 2 is 1.96 bits per heavy atom. The number of carbonyl (C=O) groups is 1. The topological polar surface area (TPSA) is 92.7 Å². The predicted octanol–water partition coefficient (Wildman–Crippen LogP) is 4.75. The lowest BCUT2D eigenvalue weighted by molar-refractivity contribution is 0.0696. The van der Waals surface area contributed by atoms with Crippen LogP contribution in [0.15, 0.2) is 35.2 Å². The highest BCUT2D eigenvalue weighted by Gasteiger charge is 2.23. The number of aryl methyl sites for hydroxylation is 1. The lowest BCUT2D eigenvalue weighted by Crippen LogP contribution is -2.10. The van der Waals surface area contributed by atoms with E-state index in [4.69, 9.17) is 16.3 Å². The molecule has 8 heteroatoms. The van der Waals surface area contributed by atoms with Gasteiger partial charge in [0.15, 0.2) is 15.6 Å². The number of benzene rings is 2. The summed E-state index contributed by atoms with van der Waals surface area (Å²) in [5, 5.41) is 12.7. The van der Waals surface area contributed by atoms with Crippen molar-refractivity contribution in [3.63, 3.8) is 0 Å². The molecule has 2 aromatic carbocycles. The van der Waals surface area contributed by atoms with Gasteiger partial charge in [-0.1, -0.05) is 31.0 Å². The number of rotatable bonds is 8. The summed E-state index contributed by atoms with van der Waals surface area (Å²) >= 11 is 6.22. The van der Waals surface area contributed by atoms with Crippen LogP contribution >= 0.6 is 11.6 Å². The molecule has 0 fully saturated rings. The molecule has 2 aromatic rings. The second-order valence-corrected chi connectivity index (χ2v) is 8.64. The number of anilines is 1. The van der Waals surface area contributed by atoms with Crippen molar-refractivity contribution in [3.05, 3.63) is 46.5 Å². The van der Waals surface area contributed by atoms with E-state index in [1.165, 1.54) is 6.07 Å². The second kappa shape index (κ2) is 8.63. The van der Waals surface area contributed by atoms with Crippen molar-refractivity contribution in [3.8, 4) is 11.5 Å². The van der Waals surface area contributed by atoms with Gasteiger partial charge in [0.05, 0.1) is 16.3 Å². The van der Waals surface area contributed by atoms with Crippen LogP contribution in [0.3, 0.4) is 0 Å². The van der Waals surface area contributed by atoms with Crippen LogP contribution in [0.2, 0.25) is 5.02 Å². The summed E-state index contributed by atoms with van der Waals surface area (Å²) in [7, 11) is -3.76. The van der Waals surface area contributed by atoms with Gasteiger partial charge in [-0.2, -0.15) is 0 Å². The molecule has 6 nitrogen and oxygen atoms in total. The van der Waals surface area contributed by atoms with Crippen LogP contribution in [-0.4, -0.2) is 32.3 Å². The molecule has 0 aliphatic heterocycles. The lowest BCUT2D eigenvalue weighted by Gasteiger charge is -2.18. The van der Waals surface area contributed by atoms with Crippen molar-refractivity contribution in [2.75, 3.05) is 18.1 Å². The zero-order valence-electron chi connectivity index (χ0n) is 15.4. The molecule has 0 aliphatic carbocycles. The summed E-state index contributed by atoms with van der Waals surface area (Å²) in [4.78, 5) is 11.2. The van der Waals surface area contributed by atoms with Gasteiger partial charge < -0.3 is 15.2 Å². The number of hydrogen-bond donors (Lipinski definition) is 2. The van der Waals surface area contributed by atoms with Crippen LogP contribution < -0.4 is 10.1 Å². The molecule has 0 bridgehead atoms. The first-order valence-electron chi connectivity index (χ1n) is 8.42. The molecular weight excluding hydrogens is 390 g/mol. The Kier molecular flexibility index (Phi) is 6.73. The van der Waals surface area contributed by atoms with Gasteiger partial charge in [-0.15, -0.1) is 0 Å². The number of halogens is 1. The first kappa shape index (κ1) is 21.1. The lowest BCUT2D eigenvalue weighted by atomic mass is 10.1. The van der Waals surface area contributed by atoms with Gasteiger partial charge in [-0.25, -0.2) is 13.2 Å². The minimum absolute atomic E-state index is 0.0318. The number of aromatic carboxylic acids is 1. The molecule has 0 heterocycles. The van der Waals surface area contributed by atoms with E-state index in [2.05, 4.69) is 5.32 Å². The van der Waals surface area contributed by atoms with Crippen LogP contribution in [0, 0.1) is 6.92 Å². The maximum Gasteiger partial charge on any atom is 0.335 e. The van der Waals surface area contributed by atoms with Gasteiger partial charge in [-0.3, -0.25) is 0 Å². The molecule has 0 saturated carbocycles. The number of unbranched alkanes of at least 4 members (excludes halogenated alkanes) is 1. The summed E-state index contributed by atoms with van der Waals surface area (Å²) in [6, 6.07) is 7.60. The third kappa shape index (κ3) is 5.37. The predicted molar refractivity (Wildman–Crippen MR) is 106 cm³/mol. The molecule has 0 spiro atoms. The Labute approximate surface area is 164 Å². The van der Waals surface area contributed by atoms with E-state index < -0.39 is 15.8 Å². The van der Waals surface area contributed by atoms with E-state index in [0.29, 0.717) is 17.3 Å². The first-order valence-corrected chi connectivity index (χ1v) is 10.7. The number of ether oxygens (including phenoxy) is 1. The zero-order chi connectivity index (χ0) is 20.2. The third-order valence-electron chi connectivity index (χ3n) is 3.85. The van der Waals surface area contributed by atoms with Crippen molar-refractivity contribution in [1.29, 1.82) is 0 Å². The highest BCUT2D eigenvalue weighted by molar-refractivity contribution is 7.90. The quantitative estimate of drug-likeness (QED) is 0.608. The van der Waals surface area contributed by atoms with Crippen molar-refractivity contribution >= 4 is 33.1 Å². The first-order chi connectivity index (χ1) is 12.6.